The Balaban J connectivity index is 1.38. The molecule has 2 aliphatic rings. The summed E-state index contributed by atoms with van der Waals surface area (Å²) in [6.07, 6.45) is 12.4. The van der Waals surface area contributed by atoms with E-state index in [-0.39, 0.29) is 5.91 Å². The third-order valence-electron chi connectivity index (χ3n) is 5.56. The van der Waals surface area contributed by atoms with E-state index < -0.39 is 0 Å². The number of pyridine rings is 1. The Kier molecular flexibility index (Phi) is 4.97. The van der Waals surface area contributed by atoms with E-state index in [1.165, 1.54) is 44.9 Å². The molecule has 6 nitrogen and oxygen atoms in total. The fourth-order valence-corrected chi connectivity index (χ4v) is 4.11. The van der Waals surface area contributed by atoms with Crippen LogP contribution < -0.4 is 5.32 Å². The molecule has 1 saturated heterocycles. The smallest absolute Gasteiger partial charge is 0.252 e. The summed E-state index contributed by atoms with van der Waals surface area (Å²) in [6.45, 7) is 3.93. The van der Waals surface area contributed by atoms with Crippen molar-refractivity contribution in [1.82, 2.24) is 24.8 Å². The Hall–Kier alpha value is -1.95. The van der Waals surface area contributed by atoms with Crippen LogP contribution in [0.5, 0.6) is 0 Å². The normalized spacial score (nSPS) is 19.5. The lowest BCUT2D eigenvalue weighted by atomic mass is 10.1. The minimum atomic E-state index is -0.0539. The second-order valence-corrected chi connectivity index (χ2v) is 7.32. The lowest BCUT2D eigenvalue weighted by molar-refractivity contribution is 0.0946. The number of piperidine rings is 1. The standard InChI is InChI=1S/C19H27N5O/c25-19(20-8-11-23-9-4-1-5-10-23)15-12-17-18(21-13-15)24(14-22-17)16-6-2-3-7-16/h12-14,16H,1-11H2,(H,20,25). The van der Waals surface area contributed by atoms with E-state index in [1.54, 1.807) is 6.20 Å². The number of nitrogens with zero attached hydrogens (tertiary/aromatic N) is 4. The van der Waals surface area contributed by atoms with Gasteiger partial charge in [-0.1, -0.05) is 19.3 Å². The number of carbonyl (C=O) groups excluding carboxylic acids is 1. The highest BCUT2D eigenvalue weighted by molar-refractivity contribution is 5.96. The first kappa shape index (κ1) is 16.5. The number of carbonyl (C=O) groups is 1. The molecule has 0 radical (unpaired) electrons. The summed E-state index contributed by atoms with van der Waals surface area (Å²) < 4.78 is 2.18. The number of imidazole rings is 1. The number of fused-ring (bicyclic) bond motifs is 1. The van der Waals surface area contributed by atoms with Crippen molar-refractivity contribution < 1.29 is 4.79 Å². The zero-order valence-electron chi connectivity index (χ0n) is 14.8. The maximum absolute atomic E-state index is 12.4. The molecular weight excluding hydrogens is 314 g/mol. The SMILES string of the molecule is O=C(NCCN1CCCCC1)c1cnc2c(c1)ncn2C1CCCC1. The van der Waals surface area contributed by atoms with E-state index in [4.69, 9.17) is 0 Å². The minimum Gasteiger partial charge on any atom is -0.351 e. The van der Waals surface area contributed by atoms with Crippen LogP contribution in [0.4, 0.5) is 0 Å². The molecule has 2 aromatic heterocycles. The Morgan fingerprint density at radius 3 is 2.72 bits per heavy atom. The summed E-state index contributed by atoms with van der Waals surface area (Å²) in [4.78, 5) is 23.8. The molecule has 1 N–H and O–H groups in total. The molecule has 1 aliphatic heterocycles. The number of hydrogen-bond acceptors (Lipinski definition) is 4. The highest BCUT2D eigenvalue weighted by atomic mass is 16.1. The summed E-state index contributed by atoms with van der Waals surface area (Å²) in [7, 11) is 0. The predicted molar refractivity (Wildman–Crippen MR) is 97.7 cm³/mol. The summed E-state index contributed by atoms with van der Waals surface area (Å²) in [5, 5.41) is 3.02. The molecule has 4 rings (SSSR count). The largest absolute Gasteiger partial charge is 0.351 e. The minimum absolute atomic E-state index is 0.0539. The van der Waals surface area contributed by atoms with Crippen LogP contribution in [-0.2, 0) is 0 Å². The van der Waals surface area contributed by atoms with E-state index in [1.807, 2.05) is 12.4 Å². The molecule has 134 valence electrons. The van der Waals surface area contributed by atoms with Gasteiger partial charge in [-0.15, -0.1) is 0 Å². The molecule has 1 saturated carbocycles. The van der Waals surface area contributed by atoms with Crippen molar-refractivity contribution in [2.24, 2.45) is 0 Å². The lowest BCUT2D eigenvalue weighted by Crippen LogP contribution is -2.37. The molecule has 2 fully saturated rings. The molecule has 0 spiro atoms. The first-order chi connectivity index (χ1) is 12.3. The summed E-state index contributed by atoms with van der Waals surface area (Å²) in [5.41, 5.74) is 2.31. The van der Waals surface area contributed by atoms with Crippen LogP contribution in [0.3, 0.4) is 0 Å². The van der Waals surface area contributed by atoms with Crippen LogP contribution in [0.15, 0.2) is 18.6 Å². The zero-order valence-corrected chi connectivity index (χ0v) is 14.8. The summed E-state index contributed by atoms with van der Waals surface area (Å²) in [5.74, 6) is -0.0539. The van der Waals surface area contributed by atoms with Gasteiger partial charge in [0.05, 0.1) is 11.9 Å². The molecule has 3 heterocycles. The van der Waals surface area contributed by atoms with Gasteiger partial charge in [-0.05, 0) is 44.8 Å². The molecule has 1 amide bonds. The van der Waals surface area contributed by atoms with Crippen LogP contribution in [0, 0.1) is 0 Å². The van der Waals surface area contributed by atoms with Crippen LogP contribution in [0.1, 0.15) is 61.3 Å². The van der Waals surface area contributed by atoms with Gasteiger partial charge in [-0.2, -0.15) is 0 Å². The van der Waals surface area contributed by atoms with Gasteiger partial charge in [-0.25, -0.2) is 9.97 Å². The first-order valence-corrected chi connectivity index (χ1v) is 9.64. The van der Waals surface area contributed by atoms with Gasteiger partial charge in [0.15, 0.2) is 5.65 Å². The Morgan fingerprint density at radius 1 is 1.12 bits per heavy atom. The number of hydrogen-bond donors (Lipinski definition) is 1. The molecule has 0 bridgehead atoms. The van der Waals surface area contributed by atoms with Crippen LogP contribution >= 0.6 is 0 Å². The van der Waals surface area contributed by atoms with Crippen molar-refractivity contribution in [2.45, 2.75) is 51.0 Å². The van der Waals surface area contributed by atoms with Gasteiger partial charge in [0, 0.05) is 25.3 Å². The number of amides is 1. The van der Waals surface area contributed by atoms with E-state index >= 15 is 0 Å². The topological polar surface area (TPSA) is 63.1 Å². The third kappa shape index (κ3) is 3.68. The van der Waals surface area contributed by atoms with Crippen molar-refractivity contribution in [3.8, 4) is 0 Å². The maximum Gasteiger partial charge on any atom is 0.252 e. The van der Waals surface area contributed by atoms with E-state index in [0.29, 0.717) is 18.2 Å². The van der Waals surface area contributed by atoms with Gasteiger partial charge in [0.2, 0.25) is 0 Å². The maximum atomic E-state index is 12.4. The van der Waals surface area contributed by atoms with Crippen molar-refractivity contribution in [2.75, 3.05) is 26.2 Å². The zero-order chi connectivity index (χ0) is 17.1. The van der Waals surface area contributed by atoms with Crippen LogP contribution in [-0.4, -0.2) is 51.5 Å². The highest BCUT2D eigenvalue weighted by Gasteiger charge is 2.20. The van der Waals surface area contributed by atoms with Gasteiger partial charge < -0.3 is 14.8 Å². The average molecular weight is 341 g/mol. The van der Waals surface area contributed by atoms with E-state index in [9.17, 15) is 4.79 Å². The lowest BCUT2D eigenvalue weighted by Gasteiger charge is -2.26. The first-order valence-electron chi connectivity index (χ1n) is 9.64. The summed E-state index contributed by atoms with van der Waals surface area (Å²) >= 11 is 0. The van der Waals surface area contributed by atoms with Crippen LogP contribution in [0.2, 0.25) is 0 Å². The number of nitrogens with one attached hydrogen (secondary N) is 1. The molecule has 1 aliphatic carbocycles. The molecule has 6 heteroatoms. The fourth-order valence-electron chi connectivity index (χ4n) is 4.11. The summed E-state index contributed by atoms with van der Waals surface area (Å²) in [6, 6.07) is 2.38. The fraction of sp³-hybridized carbons (Fsp3) is 0.632. The van der Waals surface area contributed by atoms with Crippen LogP contribution in [0.25, 0.3) is 11.2 Å². The Labute approximate surface area is 148 Å². The quantitative estimate of drug-likeness (QED) is 0.908. The van der Waals surface area contributed by atoms with E-state index in [2.05, 4.69) is 24.8 Å². The predicted octanol–water partition coefficient (Wildman–Crippen LogP) is 2.76. The highest BCUT2D eigenvalue weighted by Crippen LogP contribution is 2.31. The number of likely N-dealkylation sites (tertiary alicyclic amines) is 1. The number of rotatable bonds is 5. The molecule has 0 unspecified atom stereocenters. The Bertz CT molecular complexity index is 728. The Morgan fingerprint density at radius 2 is 1.92 bits per heavy atom. The van der Waals surface area contributed by atoms with E-state index in [0.717, 1.165) is 30.8 Å². The molecule has 2 aromatic rings. The van der Waals surface area contributed by atoms with Gasteiger partial charge >= 0.3 is 0 Å². The molecular formula is C19H27N5O. The van der Waals surface area contributed by atoms with Crippen molar-refractivity contribution in [1.29, 1.82) is 0 Å². The van der Waals surface area contributed by atoms with Gasteiger partial charge in [0.25, 0.3) is 5.91 Å². The second-order valence-electron chi connectivity index (χ2n) is 7.32. The average Bonchev–Trinajstić information content (AvgIpc) is 3.31. The van der Waals surface area contributed by atoms with Crippen molar-refractivity contribution >= 4 is 17.1 Å². The van der Waals surface area contributed by atoms with Crippen molar-refractivity contribution in [3.63, 3.8) is 0 Å². The monoisotopic (exact) mass is 341 g/mol. The second kappa shape index (κ2) is 7.52. The van der Waals surface area contributed by atoms with Gasteiger partial charge in [-0.3, -0.25) is 4.79 Å². The van der Waals surface area contributed by atoms with Gasteiger partial charge in [0.1, 0.15) is 5.52 Å². The molecule has 25 heavy (non-hydrogen) atoms. The van der Waals surface area contributed by atoms with Crippen molar-refractivity contribution in [3.05, 3.63) is 24.2 Å². The third-order valence-corrected chi connectivity index (χ3v) is 5.56. The molecule has 0 aromatic carbocycles. The number of aromatic nitrogens is 3. The molecule has 0 atom stereocenters.